The number of nitrogens with one attached hydrogen (secondary N) is 1. The van der Waals surface area contributed by atoms with Crippen LogP contribution in [-0.4, -0.2) is 6.04 Å². The Kier molecular flexibility index (Phi) is 4.41. The van der Waals surface area contributed by atoms with Crippen molar-refractivity contribution in [3.05, 3.63) is 66.1 Å². The first-order chi connectivity index (χ1) is 10.4. The quantitative estimate of drug-likeness (QED) is 0.747. The van der Waals surface area contributed by atoms with Crippen LogP contribution < -0.4 is 10.1 Å². The van der Waals surface area contributed by atoms with Crippen LogP contribution in [0.2, 0.25) is 0 Å². The molecule has 0 aliphatic heterocycles. The molecule has 1 aromatic heterocycles. The third-order valence-electron chi connectivity index (χ3n) is 3.69. The first-order valence-corrected chi connectivity index (χ1v) is 7.47. The molecule has 2 aromatic rings. The zero-order valence-electron chi connectivity index (χ0n) is 12.2. The second-order valence-corrected chi connectivity index (χ2v) is 5.41. The summed E-state index contributed by atoms with van der Waals surface area (Å²) in [5.41, 5.74) is 2.27. The highest BCUT2D eigenvalue weighted by Gasteiger charge is 2.21. The van der Waals surface area contributed by atoms with Crippen molar-refractivity contribution in [2.45, 2.75) is 38.5 Å². The van der Waals surface area contributed by atoms with Gasteiger partial charge in [0.05, 0.1) is 12.8 Å². The Balaban J connectivity index is 1.61. The zero-order valence-corrected chi connectivity index (χ0v) is 12.2. The van der Waals surface area contributed by atoms with Gasteiger partial charge < -0.3 is 14.5 Å². The number of hydrogen-bond donors (Lipinski definition) is 1. The third-order valence-corrected chi connectivity index (χ3v) is 3.69. The summed E-state index contributed by atoms with van der Waals surface area (Å²) in [6.07, 6.45) is 7.00. The van der Waals surface area contributed by atoms with Crippen molar-refractivity contribution in [3.8, 4) is 5.75 Å². The molecule has 1 saturated carbocycles. The minimum absolute atomic E-state index is 0.534. The lowest BCUT2D eigenvalue weighted by atomic mass is 10.1. The van der Waals surface area contributed by atoms with E-state index in [-0.39, 0.29) is 0 Å². The Morgan fingerprint density at radius 3 is 2.90 bits per heavy atom. The molecule has 1 N–H and O–H groups in total. The lowest BCUT2D eigenvalue weighted by molar-refractivity contribution is 0.298. The molecule has 0 amide bonds. The van der Waals surface area contributed by atoms with Gasteiger partial charge in [0, 0.05) is 11.6 Å². The standard InChI is InChI=1S/C18H21NO2/c1-2-5-14-6-3-4-7-17(14)21-13-15-10-11-20-18(15)12-19-16-8-9-16/h2-4,6-7,10-11,16,19H,1,5,8-9,12-13H2. The topological polar surface area (TPSA) is 34.4 Å². The minimum atomic E-state index is 0.534. The smallest absolute Gasteiger partial charge is 0.124 e. The predicted molar refractivity (Wildman–Crippen MR) is 83.2 cm³/mol. The number of benzene rings is 1. The molecule has 3 heteroatoms. The Hall–Kier alpha value is -2.00. The van der Waals surface area contributed by atoms with E-state index in [1.807, 2.05) is 30.3 Å². The number of rotatable bonds is 8. The molecule has 3 rings (SSSR count). The summed E-state index contributed by atoms with van der Waals surface area (Å²) in [6, 6.07) is 10.8. The average Bonchev–Trinajstić information content (AvgIpc) is 3.23. The largest absolute Gasteiger partial charge is 0.488 e. The third kappa shape index (κ3) is 3.76. The van der Waals surface area contributed by atoms with Gasteiger partial charge in [-0.15, -0.1) is 6.58 Å². The molecule has 0 atom stereocenters. The molecule has 1 aliphatic rings. The molecule has 1 aromatic carbocycles. The number of hydrogen-bond acceptors (Lipinski definition) is 3. The Labute approximate surface area is 125 Å². The molecular formula is C18H21NO2. The van der Waals surface area contributed by atoms with Crippen LogP contribution in [0.25, 0.3) is 0 Å². The van der Waals surface area contributed by atoms with E-state index in [1.54, 1.807) is 6.26 Å². The van der Waals surface area contributed by atoms with Crippen LogP contribution in [0, 0.1) is 0 Å². The van der Waals surface area contributed by atoms with E-state index in [2.05, 4.69) is 18.0 Å². The minimum Gasteiger partial charge on any atom is -0.488 e. The van der Waals surface area contributed by atoms with Crippen LogP contribution in [0.1, 0.15) is 29.7 Å². The lowest BCUT2D eigenvalue weighted by Crippen LogP contribution is -2.16. The van der Waals surface area contributed by atoms with E-state index in [0.29, 0.717) is 12.6 Å². The fourth-order valence-electron chi connectivity index (χ4n) is 2.30. The van der Waals surface area contributed by atoms with Gasteiger partial charge in [-0.25, -0.2) is 0 Å². The molecule has 1 fully saturated rings. The SMILES string of the molecule is C=CCc1ccccc1OCc1ccoc1CNC1CC1. The van der Waals surface area contributed by atoms with Gasteiger partial charge in [0.2, 0.25) is 0 Å². The lowest BCUT2D eigenvalue weighted by Gasteiger charge is -2.10. The van der Waals surface area contributed by atoms with Gasteiger partial charge in [0.1, 0.15) is 18.1 Å². The van der Waals surface area contributed by atoms with Gasteiger partial charge in [-0.1, -0.05) is 24.3 Å². The second-order valence-electron chi connectivity index (χ2n) is 5.41. The summed E-state index contributed by atoms with van der Waals surface area (Å²) in [4.78, 5) is 0. The highest BCUT2D eigenvalue weighted by molar-refractivity contribution is 5.35. The first-order valence-electron chi connectivity index (χ1n) is 7.47. The van der Waals surface area contributed by atoms with Crippen LogP contribution in [0.5, 0.6) is 5.75 Å². The number of ether oxygens (including phenoxy) is 1. The Morgan fingerprint density at radius 2 is 2.10 bits per heavy atom. The van der Waals surface area contributed by atoms with Crippen LogP contribution >= 0.6 is 0 Å². The normalized spacial score (nSPS) is 14.1. The number of para-hydroxylation sites is 1. The van der Waals surface area contributed by atoms with Crippen molar-refractivity contribution in [2.75, 3.05) is 0 Å². The summed E-state index contributed by atoms with van der Waals surface area (Å²) < 4.78 is 11.5. The van der Waals surface area contributed by atoms with Crippen molar-refractivity contribution < 1.29 is 9.15 Å². The maximum atomic E-state index is 5.96. The molecule has 21 heavy (non-hydrogen) atoms. The molecule has 1 aliphatic carbocycles. The van der Waals surface area contributed by atoms with Gasteiger partial charge in [-0.05, 0) is 37.0 Å². The number of furan rings is 1. The second kappa shape index (κ2) is 6.64. The van der Waals surface area contributed by atoms with Gasteiger partial charge in [0.25, 0.3) is 0 Å². The van der Waals surface area contributed by atoms with Crippen molar-refractivity contribution in [3.63, 3.8) is 0 Å². The summed E-state index contributed by atoms with van der Waals surface area (Å²) in [7, 11) is 0. The molecule has 0 spiro atoms. The van der Waals surface area contributed by atoms with Crippen molar-refractivity contribution in [1.82, 2.24) is 5.32 Å². The molecule has 110 valence electrons. The summed E-state index contributed by atoms with van der Waals surface area (Å²) >= 11 is 0. The van der Waals surface area contributed by atoms with E-state index in [0.717, 1.165) is 35.6 Å². The monoisotopic (exact) mass is 283 g/mol. The van der Waals surface area contributed by atoms with Gasteiger partial charge in [0.15, 0.2) is 0 Å². The van der Waals surface area contributed by atoms with Crippen LogP contribution in [0.3, 0.4) is 0 Å². The number of allylic oxidation sites excluding steroid dienone is 1. The van der Waals surface area contributed by atoms with Crippen molar-refractivity contribution in [2.24, 2.45) is 0 Å². The van der Waals surface area contributed by atoms with E-state index >= 15 is 0 Å². The highest BCUT2D eigenvalue weighted by Crippen LogP contribution is 2.23. The fraction of sp³-hybridized carbons (Fsp3) is 0.333. The van der Waals surface area contributed by atoms with Crippen LogP contribution in [-0.2, 0) is 19.6 Å². The summed E-state index contributed by atoms with van der Waals surface area (Å²) in [5.74, 6) is 1.89. The van der Waals surface area contributed by atoms with Crippen LogP contribution in [0.4, 0.5) is 0 Å². The van der Waals surface area contributed by atoms with E-state index < -0.39 is 0 Å². The van der Waals surface area contributed by atoms with Gasteiger partial charge >= 0.3 is 0 Å². The van der Waals surface area contributed by atoms with Gasteiger partial charge in [-0.3, -0.25) is 0 Å². The van der Waals surface area contributed by atoms with E-state index in [4.69, 9.17) is 9.15 Å². The molecule has 0 radical (unpaired) electrons. The van der Waals surface area contributed by atoms with E-state index in [9.17, 15) is 0 Å². The predicted octanol–water partition coefficient (Wildman–Crippen LogP) is 3.84. The highest BCUT2D eigenvalue weighted by atomic mass is 16.5. The van der Waals surface area contributed by atoms with Gasteiger partial charge in [-0.2, -0.15) is 0 Å². The molecule has 0 bridgehead atoms. The average molecular weight is 283 g/mol. The fourth-order valence-corrected chi connectivity index (χ4v) is 2.30. The zero-order chi connectivity index (χ0) is 14.5. The first kappa shape index (κ1) is 14.0. The van der Waals surface area contributed by atoms with E-state index in [1.165, 1.54) is 12.8 Å². The summed E-state index contributed by atoms with van der Waals surface area (Å²) in [6.45, 7) is 5.11. The summed E-state index contributed by atoms with van der Waals surface area (Å²) in [5, 5.41) is 3.47. The Bertz CT molecular complexity index is 599. The van der Waals surface area contributed by atoms with Crippen LogP contribution in [0.15, 0.2) is 53.7 Å². The Morgan fingerprint density at radius 1 is 1.24 bits per heavy atom. The molecule has 0 unspecified atom stereocenters. The molecule has 3 nitrogen and oxygen atoms in total. The molecular weight excluding hydrogens is 262 g/mol. The van der Waals surface area contributed by atoms with Crippen molar-refractivity contribution in [1.29, 1.82) is 0 Å². The molecule has 0 saturated heterocycles. The van der Waals surface area contributed by atoms with Crippen molar-refractivity contribution >= 4 is 0 Å². The maximum Gasteiger partial charge on any atom is 0.124 e. The molecule has 1 heterocycles. The maximum absolute atomic E-state index is 5.96.